The standard InChI is InChI=1S/C12H19N5/c1-3-8-17-10-7-15-12(17)14-5-4-11-13-6-9-16(11)2/h6-7,9-10H,3-5,8H2,1-2H3,(H,14,15). The van der Waals surface area contributed by atoms with Crippen LogP contribution in [0, 0.1) is 0 Å². The number of aromatic nitrogens is 4. The molecule has 0 aliphatic heterocycles. The quantitative estimate of drug-likeness (QED) is 0.825. The Balaban J connectivity index is 1.86. The molecule has 0 spiro atoms. The molecule has 2 rings (SSSR count). The fraction of sp³-hybridized carbons (Fsp3) is 0.500. The highest BCUT2D eigenvalue weighted by Crippen LogP contribution is 2.05. The van der Waals surface area contributed by atoms with E-state index in [0.717, 1.165) is 37.7 Å². The third-order valence-electron chi connectivity index (χ3n) is 2.73. The van der Waals surface area contributed by atoms with Crippen molar-refractivity contribution in [1.29, 1.82) is 0 Å². The van der Waals surface area contributed by atoms with E-state index in [1.54, 1.807) is 0 Å². The number of imidazole rings is 2. The summed E-state index contributed by atoms with van der Waals surface area (Å²) in [6.45, 7) is 4.02. The van der Waals surface area contributed by atoms with E-state index in [2.05, 4.69) is 26.8 Å². The lowest BCUT2D eigenvalue weighted by Crippen LogP contribution is -2.12. The van der Waals surface area contributed by atoms with Gasteiger partial charge in [-0.05, 0) is 6.42 Å². The molecular weight excluding hydrogens is 214 g/mol. The van der Waals surface area contributed by atoms with Gasteiger partial charge in [0.1, 0.15) is 5.82 Å². The van der Waals surface area contributed by atoms with Crippen LogP contribution in [0.5, 0.6) is 0 Å². The Bertz CT molecular complexity index is 457. The molecule has 2 aromatic rings. The van der Waals surface area contributed by atoms with Gasteiger partial charge in [0, 0.05) is 51.3 Å². The van der Waals surface area contributed by atoms with Gasteiger partial charge in [-0.3, -0.25) is 0 Å². The summed E-state index contributed by atoms with van der Waals surface area (Å²) in [6, 6.07) is 0. The van der Waals surface area contributed by atoms with Gasteiger partial charge in [-0.25, -0.2) is 9.97 Å². The van der Waals surface area contributed by atoms with E-state index in [1.807, 2.05) is 36.4 Å². The van der Waals surface area contributed by atoms with Crippen molar-refractivity contribution in [2.45, 2.75) is 26.3 Å². The molecule has 0 radical (unpaired) electrons. The first-order chi connectivity index (χ1) is 8.31. The van der Waals surface area contributed by atoms with Gasteiger partial charge in [-0.1, -0.05) is 6.92 Å². The molecule has 0 atom stereocenters. The molecule has 0 saturated heterocycles. The molecule has 0 aliphatic carbocycles. The highest BCUT2D eigenvalue weighted by atomic mass is 15.2. The maximum absolute atomic E-state index is 4.30. The summed E-state index contributed by atoms with van der Waals surface area (Å²) < 4.78 is 4.18. The van der Waals surface area contributed by atoms with Crippen LogP contribution in [-0.2, 0) is 20.0 Å². The summed E-state index contributed by atoms with van der Waals surface area (Å²) >= 11 is 0. The minimum absolute atomic E-state index is 0.853. The van der Waals surface area contributed by atoms with Crippen molar-refractivity contribution in [2.24, 2.45) is 7.05 Å². The maximum Gasteiger partial charge on any atom is 0.202 e. The number of aryl methyl sites for hydroxylation is 2. The Kier molecular flexibility index (Phi) is 3.80. The zero-order valence-corrected chi connectivity index (χ0v) is 10.4. The van der Waals surface area contributed by atoms with Gasteiger partial charge < -0.3 is 14.5 Å². The molecule has 5 nitrogen and oxygen atoms in total. The third kappa shape index (κ3) is 2.87. The lowest BCUT2D eigenvalue weighted by atomic mass is 10.4. The van der Waals surface area contributed by atoms with Crippen LogP contribution in [0.3, 0.4) is 0 Å². The zero-order chi connectivity index (χ0) is 12.1. The van der Waals surface area contributed by atoms with Crippen LogP contribution in [0.25, 0.3) is 0 Å². The Labute approximate surface area is 102 Å². The van der Waals surface area contributed by atoms with Crippen molar-refractivity contribution in [3.8, 4) is 0 Å². The van der Waals surface area contributed by atoms with Crippen LogP contribution in [-0.4, -0.2) is 25.6 Å². The van der Waals surface area contributed by atoms with Crippen molar-refractivity contribution < 1.29 is 0 Å². The molecule has 92 valence electrons. The second-order valence-electron chi connectivity index (χ2n) is 4.08. The number of nitrogens with one attached hydrogen (secondary N) is 1. The summed E-state index contributed by atoms with van der Waals surface area (Å²) in [7, 11) is 2.01. The molecule has 0 aromatic carbocycles. The van der Waals surface area contributed by atoms with Crippen LogP contribution < -0.4 is 5.32 Å². The highest BCUT2D eigenvalue weighted by Gasteiger charge is 2.02. The Morgan fingerprint density at radius 2 is 2.06 bits per heavy atom. The van der Waals surface area contributed by atoms with Crippen LogP contribution in [0.15, 0.2) is 24.8 Å². The first-order valence-electron chi connectivity index (χ1n) is 6.02. The number of nitrogens with zero attached hydrogens (tertiary/aromatic N) is 4. The largest absolute Gasteiger partial charge is 0.355 e. The SMILES string of the molecule is CCCn1ccnc1NCCc1nccn1C. The average Bonchev–Trinajstić information content (AvgIpc) is 2.90. The molecule has 0 bridgehead atoms. The van der Waals surface area contributed by atoms with Gasteiger partial charge in [-0.15, -0.1) is 0 Å². The van der Waals surface area contributed by atoms with Crippen molar-refractivity contribution >= 4 is 5.95 Å². The monoisotopic (exact) mass is 233 g/mol. The van der Waals surface area contributed by atoms with E-state index < -0.39 is 0 Å². The molecule has 2 heterocycles. The predicted molar refractivity (Wildman–Crippen MR) is 67.9 cm³/mol. The second-order valence-corrected chi connectivity index (χ2v) is 4.08. The Morgan fingerprint density at radius 3 is 2.76 bits per heavy atom. The zero-order valence-electron chi connectivity index (χ0n) is 10.4. The fourth-order valence-corrected chi connectivity index (χ4v) is 1.82. The molecule has 2 aromatic heterocycles. The lowest BCUT2D eigenvalue weighted by molar-refractivity contribution is 0.680. The lowest BCUT2D eigenvalue weighted by Gasteiger charge is -2.08. The first-order valence-corrected chi connectivity index (χ1v) is 6.02. The van der Waals surface area contributed by atoms with Crippen molar-refractivity contribution in [1.82, 2.24) is 19.1 Å². The second kappa shape index (κ2) is 5.52. The first kappa shape index (κ1) is 11.7. The molecule has 0 amide bonds. The molecule has 0 fully saturated rings. The molecule has 5 heteroatoms. The molecule has 0 unspecified atom stereocenters. The highest BCUT2D eigenvalue weighted by molar-refractivity contribution is 5.25. The van der Waals surface area contributed by atoms with Crippen LogP contribution in [0.2, 0.25) is 0 Å². The predicted octanol–water partition coefficient (Wildman–Crippen LogP) is 1.68. The van der Waals surface area contributed by atoms with E-state index in [4.69, 9.17) is 0 Å². The normalized spacial score (nSPS) is 10.7. The molecule has 0 saturated carbocycles. The number of hydrogen-bond donors (Lipinski definition) is 1. The maximum atomic E-state index is 4.30. The average molecular weight is 233 g/mol. The minimum Gasteiger partial charge on any atom is -0.355 e. The van der Waals surface area contributed by atoms with Crippen LogP contribution >= 0.6 is 0 Å². The van der Waals surface area contributed by atoms with Gasteiger partial charge in [0.15, 0.2) is 0 Å². The topological polar surface area (TPSA) is 47.7 Å². The number of rotatable bonds is 6. The summed E-state index contributed by atoms with van der Waals surface area (Å²) in [6.07, 6.45) is 9.65. The van der Waals surface area contributed by atoms with Crippen LogP contribution in [0.4, 0.5) is 5.95 Å². The van der Waals surface area contributed by atoms with Gasteiger partial charge in [0.05, 0.1) is 0 Å². The van der Waals surface area contributed by atoms with Gasteiger partial charge >= 0.3 is 0 Å². The van der Waals surface area contributed by atoms with E-state index in [-0.39, 0.29) is 0 Å². The summed E-state index contributed by atoms with van der Waals surface area (Å²) in [5.74, 6) is 2.03. The van der Waals surface area contributed by atoms with Gasteiger partial charge in [-0.2, -0.15) is 0 Å². The van der Waals surface area contributed by atoms with Gasteiger partial charge in [0.2, 0.25) is 5.95 Å². The molecular formula is C12H19N5. The van der Waals surface area contributed by atoms with E-state index in [0.29, 0.717) is 0 Å². The van der Waals surface area contributed by atoms with E-state index in [1.165, 1.54) is 0 Å². The summed E-state index contributed by atoms with van der Waals surface area (Å²) in [4.78, 5) is 8.59. The number of hydrogen-bond acceptors (Lipinski definition) is 3. The van der Waals surface area contributed by atoms with Crippen molar-refractivity contribution in [3.63, 3.8) is 0 Å². The van der Waals surface area contributed by atoms with Crippen molar-refractivity contribution in [2.75, 3.05) is 11.9 Å². The van der Waals surface area contributed by atoms with E-state index in [9.17, 15) is 0 Å². The van der Waals surface area contributed by atoms with Crippen molar-refractivity contribution in [3.05, 3.63) is 30.6 Å². The number of anilines is 1. The molecule has 17 heavy (non-hydrogen) atoms. The fourth-order valence-electron chi connectivity index (χ4n) is 1.82. The summed E-state index contributed by atoms with van der Waals surface area (Å²) in [5.41, 5.74) is 0. The van der Waals surface area contributed by atoms with Crippen LogP contribution in [0.1, 0.15) is 19.2 Å². The summed E-state index contributed by atoms with van der Waals surface area (Å²) in [5, 5.41) is 3.34. The molecule has 0 aliphatic rings. The Morgan fingerprint density at radius 1 is 1.24 bits per heavy atom. The van der Waals surface area contributed by atoms with Gasteiger partial charge in [0.25, 0.3) is 0 Å². The minimum atomic E-state index is 0.853. The van der Waals surface area contributed by atoms with E-state index >= 15 is 0 Å². The smallest absolute Gasteiger partial charge is 0.202 e. The Hall–Kier alpha value is -1.78. The third-order valence-corrected chi connectivity index (χ3v) is 2.73. The molecule has 1 N–H and O–H groups in total.